The molecule has 0 saturated heterocycles. The summed E-state index contributed by atoms with van der Waals surface area (Å²) in [6.45, 7) is 2.74. The molecular weight excluding hydrogens is 292 g/mol. The van der Waals surface area contributed by atoms with Crippen LogP contribution in [0.2, 0.25) is 0 Å². The highest BCUT2D eigenvalue weighted by Crippen LogP contribution is 2.11. The molecule has 1 atom stereocenters. The molecule has 0 aromatic heterocycles. The Labute approximate surface area is 125 Å². The third-order valence-corrected chi connectivity index (χ3v) is 5.00. The summed E-state index contributed by atoms with van der Waals surface area (Å²) in [5, 5.41) is 0. The van der Waals surface area contributed by atoms with Crippen LogP contribution in [0.5, 0.6) is 0 Å². The third-order valence-electron chi connectivity index (χ3n) is 3.29. The molecule has 0 bridgehead atoms. The van der Waals surface area contributed by atoms with Crippen LogP contribution in [0.1, 0.15) is 6.92 Å². The maximum absolute atomic E-state index is 12.2. The first-order valence-electron chi connectivity index (χ1n) is 6.68. The second-order valence-corrected chi connectivity index (χ2v) is 6.85. The SMILES string of the molecule is COCCN(CCS(=O)(=O)c1ccccc1)C(C)C(N)=O. The molecule has 1 rings (SSSR count). The Morgan fingerprint density at radius 3 is 2.43 bits per heavy atom. The minimum atomic E-state index is -3.37. The van der Waals surface area contributed by atoms with E-state index in [1.165, 1.54) is 0 Å². The molecule has 2 N–H and O–H groups in total. The number of rotatable bonds is 9. The number of hydrogen-bond donors (Lipinski definition) is 1. The van der Waals surface area contributed by atoms with Crippen molar-refractivity contribution in [3.63, 3.8) is 0 Å². The summed E-state index contributed by atoms with van der Waals surface area (Å²) in [7, 11) is -1.82. The molecule has 0 fully saturated rings. The van der Waals surface area contributed by atoms with Crippen LogP contribution in [0, 0.1) is 0 Å². The lowest BCUT2D eigenvalue weighted by Crippen LogP contribution is -2.46. The molecule has 7 heteroatoms. The van der Waals surface area contributed by atoms with Crippen LogP contribution < -0.4 is 5.73 Å². The fourth-order valence-corrected chi connectivity index (χ4v) is 3.15. The van der Waals surface area contributed by atoms with Gasteiger partial charge >= 0.3 is 0 Å². The molecule has 1 amide bonds. The van der Waals surface area contributed by atoms with Gasteiger partial charge in [0.2, 0.25) is 5.91 Å². The van der Waals surface area contributed by atoms with Gasteiger partial charge in [0.1, 0.15) is 0 Å². The summed E-state index contributed by atoms with van der Waals surface area (Å²) in [5.41, 5.74) is 5.29. The van der Waals surface area contributed by atoms with Gasteiger partial charge in [0.25, 0.3) is 0 Å². The normalized spacial score (nSPS) is 13.3. The second kappa shape index (κ2) is 8.11. The first-order chi connectivity index (χ1) is 9.88. The zero-order chi connectivity index (χ0) is 15.9. The van der Waals surface area contributed by atoms with E-state index in [-0.39, 0.29) is 17.2 Å². The molecule has 0 heterocycles. The summed E-state index contributed by atoms with van der Waals surface area (Å²) in [5.74, 6) is -0.554. The first-order valence-corrected chi connectivity index (χ1v) is 8.34. The lowest BCUT2D eigenvalue weighted by atomic mass is 10.2. The van der Waals surface area contributed by atoms with Gasteiger partial charge in [-0.05, 0) is 19.1 Å². The number of carbonyl (C=O) groups excluding carboxylic acids is 1. The monoisotopic (exact) mass is 314 g/mol. The molecule has 0 aliphatic heterocycles. The summed E-state index contributed by atoms with van der Waals surface area (Å²) in [6.07, 6.45) is 0. The smallest absolute Gasteiger partial charge is 0.234 e. The minimum Gasteiger partial charge on any atom is -0.383 e. The number of methoxy groups -OCH3 is 1. The molecule has 1 unspecified atom stereocenters. The summed E-state index contributed by atoms with van der Waals surface area (Å²) in [4.78, 5) is 13.3. The lowest BCUT2D eigenvalue weighted by Gasteiger charge is -2.26. The summed E-state index contributed by atoms with van der Waals surface area (Å²) < 4.78 is 29.4. The number of nitrogens with two attached hydrogens (primary N) is 1. The third kappa shape index (κ3) is 5.45. The lowest BCUT2D eigenvalue weighted by molar-refractivity contribution is -0.122. The molecule has 0 saturated carbocycles. The topological polar surface area (TPSA) is 89.7 Å². The van der Waals surface area contributed by atoms with E-state index in [9.17, 15) is 13.2 Å². The van der Waals surface area contributed by atoms with E-state index in [2.05, 4.69) is 0 Å². The second-order valence-electron chi connectivity index (χ2n) is 4.74. The zero-order valence-electron chi connectivity index (χ0n) is 12.4. The Morgan fingerprint density at radius 1 is 1.29 bits per heavy atom. The maximum Gasteiger partial charge on any atom is 0.234 e. The van der Waals surface area contributed by atoms with Crippen molar-refractivity contribution < 1.29 is 17.9 Å². The highest BCUT2D eigenvalue weighted by Gasteiger charge is 2.22. The fraction of sp³-hybridized carbons (Fsp3) is 0.500. The number of amides is 1. The molecule has 0 spiro atoms. The number of benzene rings is 1. The van der Waals surface area contributed by atoms with Crippen LogP contribution in [0.4, 0.5) is 0 Å². The van der Waals surface area contributed by atoms with Crippen molar-refractivity contribution in [3.05, 3.63) is 30.3 Å². The van der Waals surface area contributed by atoms with E-state index in [4.69, 9.17) is 10.5 Å². The van der Waals surface area contributed by atoms with Gasteiger partial charge < -0.3 is 10.5 Å². The van der Waals surface area contributed by atoms with Crippen LogP contribution in [0.15, 0.2) is 35.2 Å². The summed E-state index contributed by atoms with van der Waals surface area (Å²) in [6, 6.07) is 7.71. The molecule has 1 aromatic carbocycles. The summed E-state index contributed by atoms with van der Waals surface area (Å²) >= 11 is 0. The largest absolute Gasteiger partial charge is 0.383 e. The number of ether oxygens (including phenoxy) is 1. The van der Waals surface area contributed by atoms with Crippen molar-refractivity contribution in [2.24, 2.45) is 5.73 Å². The van der Waals surface area contributed by atoms with Crippen LogP contribution in [-0.4, -0.2) is 57.8 Å². The maximum atomic E-state index is 12.2. The van der Waals surface area contributed by atoms with Crippen molar-refractivity contribution in [2.75, 3.05) is 32.6 Å². The van der Waals surface area contributed by atoms with Crippen molar-refractivity contribution in [2.45, 2.75) is 17.9 Å². The number of carbonyl (C=O) groups is 1. The molecule has 21 heavy (non-hydrogen) atoms. The molecule has 0 aliphatic rings. The Hall–Kier alpha value is -1.44. The zero-order valence-corrected chi connectivity index (χ0v) is 13.2. The fourth-order valence-electron chi connectivity index (χ4n) is 1.87. The Balaban J connectivity index is 2.74. The quantitative estimate of drug-likeness (QED) is 0.707. The van der Waals surface area contributed by atoms with Crippen molar-refractivity contribution >= 4 is 15.7 Å². The molecular formula is C14H22N2O4S. The van der Waals surface area contributed by atoms with Gasteiger partial charge in [-0.1, -0.05) is 18.2 Å². The van der Waals surface area contributed by atoms with Gasteiger partial charge in [0.15, 0.2) is 9.84 Å². The van der Waals surface area contributed by atoms with Gasteiger partial charge in [-0.25, -0.2) is 8.42 Å². The van der Waals surface area contributed by atoms with Gasteiger partial charge in [0, 0.05) is 20.2 Å². The van der Waals surface area contributed by atoms with Crippen LogP contribution in [0.25, 0.3) is 0 Å². The van der Waals surface area contributed by atoms with E-state index in [1.807, 2.05) is 0 Å². The number of hydrogen-bond acceptors (Lipinski definition) is 5. The number of sulfone groups is 1. The van der Waals surface area contributed by atoms with E-state index in [0.29, 0.717) is 13.2 Å². The molecule has 1 aromatic rings. The van der Waals surface area contributed by atoms with Gasteiger partial charge in [-0.3, -0.25) is 9.69 Å². The molecule has 0 radical (unpaired) electrons. The Kier molecular flexibility index (Phi) is 6.80. The average molecular weight is 314 g/mol. The Morgan fingerprint density at radius 2 is 1.90 bits per heavy atom. The van der Waals surface area contributed by atoms with Gasteiger partial charge in [-0.15, -0.1) is 0 Å². The van der Waals surface area contributed by atoms with Crippen molar-refractivity contribution in [3.8, 4) is 0 Å². The minimum absolute atomic E-state index is 0.0711. The van der Waals surface area contributed by atoms with Gasteiger partial charge in [0.05, 0.1) is 23.3 Å². The van der Waals surface area contributed by atoms with Gasteiger partial charge in [-0.2, -0.15) is 0 Å². The number of nitrogens with zero attached hydrogens (tertiary/aromatic N) is 1. The molecule has 0 aliphatic carbocycles. The van der Waals surface area contributed by atoms with E-state index >= 15 is 0 Å². The van der Waals surface area contributed by atoms with E-state index in [0.717, 1.165) is 0 Å². The first kappa shape index (κ1) is 17.6. The number of primary amides is 1. The predicted molar refractivity (Wildman–Crippen MR) is 80.6 cm³/mol. The van der Waals surface area contributed by atoms with Crippen molar-refractivity contribution in [1.82, 2.24) is 4.90 Å². The van der Waals surface area contributed by atoms with E-state index < -0.39 is 21.8 Å². The molecule has 6 nitrogen and oxygen atoms in total. The van der Waals surface area contributed by atoms with Crippen molar-refractivity contribution in [1.29, 1.82) is 0 Å². The van der Waals surface area contributed by atoms with E-state index in [1.54, 1.807) is 49.3 Å². The molecule has 118 valence electrons. The highest BCUT2D eigenvalue weighted by atomic mass is 32.2. The predicted octanol–water partition coefficient (Wildman–Crippen LogP) is 0.283. The standard InChI is InChI=1S/C14H22N2O4S/c1-12(14(15)17)16(8-10-20-2)9-11-21(18,19)13-6-4-3-5-7-13/h3-7,12H,8-11H2,1-2H3,(H2,15,17). The Bertz CT molecular complexity index is 545. The van der Waals surface area contributed by atoms with Crippen LogP contribution in [0.3, 0.4) is 0 Å². The highest BCUT2D eigenvalue weighted by molar-refractivity contribution is 7.91. The van der Waals surface area contributed by atoms with Crippen LogP contribution >= 0.6 is 0 Å². The van der Waals surface area contributed by atoms with Crippen LogP contribution in [-0.2, 0) is 19.4 Å². The average Bonchev–Trinajstić information content (AvgIpc) is 2.47.